The lowest BCUT2D eigenvalue weighted by Crippen LogP contribution is -2.43. The van der Waals surface area contributed by atoms with E-state index in [0.717, 1.165) is 0 Å². The van der Waals surface area contributed by atoms with Gasteiger partial charge in [-0.2, -0.15) is 4.98 Å². The monoisotopic (exact) mass is 225 g/mol. The number of carbonyl (C=O) groups is 1. The molecule has 78 valence electrons. The van der Waals surface area contributed by atoms with Gasteiger partial charge in [0, 0.05) is 11.8 Å². The molecule has 0 saturated heterocycles. The van der Waals surface area contributed by atoms with Crippen molar-refractivity contribution in [2.45, 2.75) is 17.3 Å². The molecule has 15 heavy (non-hydrogen) atoms. The molecule has 6 nitrogen and oxygen atoms in total. The molecule has 0 aromatic carbocycles. The smallest absolute Gasteiger partial charge is 0.275 e. The first-order valence-electron chi connectivity index (χ1n) is 4.38. The summed E-state index contributed by atoms with van der Waals surface area (Å²) in [4.78, 5) is 26.3. The normalized spacial score (nSPS) is 27.4. The van der Waals surface area contributed by atoms with Crippen LogP contribution in [0.1, 0.15) is 6.42 Å². The Balaban J connectivity index is 2.33. The highest BCUT2D eigenvalue weighted by molar-refractivity contribution is 7.99. The third kappa shape index (κ3) is 1.13. The minimum absolute atomic E-state index is 0.00451. The Bertz CT molecular complexity index is 526. The number of amides is 1. The van der Waals surface area contributed by atoms with Crippen molar-refractivity contribution < 1.29 is 9.90 Å². The van der Waals surface area contributed by atoms with E-state index >= 15 is 0 Å². The Labute approximate surface area is 88.3 Å². The van der Waals surface area contributed by atoms with Crippen LogP contribution in [0.3, 0.4) is 0 Å². The van der Waals surface area contributed by atoms with Gasteiger partial charge in [0.2, 0.25) is 5.91 Å². The molecule has 3 heterocycles. The van der Waals surface area contributed by atoms with Crippen LogP contribution in [-0.2, 0) is 10.5 Å². The lowest BCUT2D eigenvalue weighted by Gasteiger charge is -2.31. The number of hydrogen-bond donors (Lipinski definition) is 2. The van der Waals surface area contributed by atoms with Gasteiger partial charge in [-0.25, -0.2) is 0 Å². The Morgan fingerprint density at radius 1 is 1.60 bits per heavy atom. The molecule has 1 unspecified atom stereocenters. The van der Waals surface area contributed by atoms with Crippen LogP contribution < -0.4 is 10.9 Å². The predicted octanol–water partition coefficient (Wildman–Crippen LogP) is -0.664. The summed E-state index contributed by atoms with van der Waals surface area (Å²) in [5.41, 5.74) is -1.63. The summed E-state index contributed by atoms with van der Waals surface area (Å²) in [6.45, 7) is 0. The zero-order chi connectivity index (χ0) is 10.6. The molecule has 7 heteroatoms. The van der Waals surface area contributed by atoms with E-state index in [-0.39, 0.29) is 12.3 Å². The number of hydrogen-bond acceptors (Lipinski definition) is 5. The maximum Gasteiger partial charge on any atom is 0.275 e. The molecule has 0 radical (unpaired) electrons. The average Bonchev–Trinajstić information content (AvgIpc) is 2.42. The molecule has 1 atom stereocenters. The summed E-state index contributed by atoms with van der Waals surface area (Å²) >= 11 is 1.28. The van der Waals surface area contributed by atoms with Crippen molar-refractivity contribution in [1.29, 1.82) is 0 Å². The lowest BCUT2D eigenvalue weighted by atomic mass is 10.1. The zero-order valence-corrected chi connectivity index (χ0v) is 8.37. The first-order valence-corrected chi connectivity index (χ1v) is 5.37. The summed E-state index contributed by atoms with van der Waals surface area (Å²) in [5.74, 6) is 0.398. The van der Waals surface area contributed by atoms with E-state index in [2.05, 4.69) is 10.3 Å². The molecule has 2 aliphatic rings. The quantitative estimate of drug-likeness (QED) is 0.572. The van der Waals surface area contributed by atoms with Gasteiger partial charge in [-0.15, -0.1) is 0 Å². The second-order valence-corrected chi connectivity index (χ2v) is 4.54. The van der Waals surface area contributed by atoms with Crippen molar-refractivity contribution in [3.05, 3.63) is 16.4 Å². The Hall–Kier alpha value is -1.34. The van der Waals surface area contributed by atoms with Crippen LogP contribution >= 0.6 is 11.8 Å². The van der Waals surface area contributed by atoms with Crippen molar-refractivity contribution >= 4 is 23.5 Å². The summed E-state index contributed by atoms with van der Waals surface area (Å²) in [6, 6.07) is 1.22. The molecule has 0 saturated carbocycles. The molecule has 1 amide bonds. The summed E-state index contributed by atoms with van der Waals surface area (Å²) in [6.07, 6.45) is 0.00451. The third-order valence-electron chi connectivity index (χ3n) is 2.46. The van der Waals surface area contributed by atoms with Gasteiger partial charge in [0.1, 0.15) is 5.82 Å². The van der Waals surface area contributed by atoms with Crippen molar-refractivity contribution in [1.82, 2.24) is 9.55 Å². The molecule has 3 rings (SSSR count). The van der Waals surface area contributed by atoms with E-state index < -0.39 is 11.3 Å². The van der Waals surface area contributed by atoms with Crippen LogP contribution in [0.4, 0.5) is 5.82 Å². The number of aliphatic hydroxyl groups is 1. The van der Waals surface area contributed by atoms with Gasteiger partial charge >= 0.3 is 0 Å². The second-order valence-electron chi connectivity index (χ2n) is 3.59. The van der Waals surface area contributed by atoms with E-state index in [9.17, 15) is 14.7 Å². The van der Waals surface area contributed by atoms with Crippen molar-refractivity contribution in [2.75, 3.05) is 11.1 Å². The molecule has 0 fully saturated rings. The van der Waals surface area contributed by atoms with E-state index in [0.29, 0.717) is 16.7 Å². The van der Waals surface area contributed by atoms with E-state index in [1.54, 1.807) is 0 Å². The molecule has 0 spiro atoms. The lowest BCUT2D eigenvalue weighted by molar-refractivity contribution is -0.126. The molecular formula is C8H7N3O3S. The summed E-state index contributed by atoms with van der Waals surface area (Å²) in [5, 5.41) is 13.2. The van der Waals surface area contributed by atoms with Crippen LogP contribution in [0.2, 0.25) is 0 Å². The van der Waals surface area contributed by atoms with Gasteiger partial charge in [-0.05, 0) is 0 Å². The highest BCUT2D eigenvalue weighted by atomic mass is 32.2. The SMILES string of the molecule is O=C1CC2(O)CSc3nc(=O)cc(n32)N1. The number of nitrogens with one attached hydrogen (secondary N) is 1. The largest absolute Gasteiger partial charge is 0.369 e. The van der Waals surface area contributed by atoms with Gasteiger partial charge < -0.3 is 10.4 Å². The van der Waals surface area contributed by atoms with E-state index in [4.69, 9.17) is 0 Å². The minimum Gasteiger partial charge on any atom is -0.369 e. The maximum atomic E-state index is 11.3. The van der Waals surface area contributed by atoms with Gasteiger partial charge in [0.15, 0.2) is 10.9 Å². The molecule has 1 aromatic heterocycles. The highest BCUT2D eigenvalue weighted by Crippen LogP contribution is 2.41. The average molecular weight is 225 g/mol. The standard InChI is InChI=1S/C8H7N3O3S/c12-5-1-4-9-6(13)2-8(14)3-15-7(10-5)11(4)8/h1,14H,2-3H2,(H,9,13). The summed E-state index contributed by atoms with van der Waals surface area (Å²) in [7, 11) is 0. The first kappa shape index (κ1) is 8.93. The molecule has 0 aliphatic carbocycles. The second kappa shape index (κ2) is 2.61. The number of thioether (sulfide) groups is 1. The Kier molecular flexibility index (Phi) is 1.56. The van der Waals surface area contributed by atoms with Crippen molar-refractivity contribution in [2.24, 2.45) is 0 Å². The van der Waals surface area contributed by atoms with E-state index in [1.165, 1.54) is 22.4 Å². The van der Waals surface area contributed by atoms with Gasteiger partial charge in [-0.1, -0.05) is 11.8 Å². The fourth-order valence-corrected chi connectivity index (χ4v) is 3.01. The maximum absolute atomic E-state index is 11.3. The Morgan fingerprint density at radius 2 is 2.40 bits per heavy atom. The fourth-order valence-electron chi connectivity index (χ4n) is 1.87. The fraction of sp³-hybridized carbons (Fsp3) is 0.375. The zero-order valence-electron chi connectivity index (χ0n) is 7.56. The number of aromatic nitrogens is 2. The van der Waals surface area contributed by atoms with E-state index in [1.807, 2.05) is 0 Å². The third-order valence-corrected chi connectivity index (χ3v) is 3.60. The number of anilines is 1. The predicted molar refractivity (Wildman–Crippen MR) is 52.7 cm³/mol. The number of carbonyl (C=O) groups excluding carboxylic acids is 1. The molecule has 2 N–H and O–H groups in total. The molecule has 2 aliphatic heterocycles. The van der Waals surface area contributed by atoms with Crippen LogP contribution in [0, 0.1) is 0 Å². The number of nitrogens with zero attached hydrogens (tertiary/aromatic N) is 2. The van der Waals surface area contributed by atoms with Gasteiger partial charge in [-0.3, -0.25) is 14.2 Å². The first-order chi connectivity index (χ1) is 7.08. The molecule has 1 aromatic rings. The van der Waals surface area contributed by atoms with Crippen LogP contribution in [0.25, 0.3) is 0 Å². The van der Waals surface area contributed by atoms with Crippen LogP contribution in [0.15, 0.2) is 16.0 Å². The molecule has 0 bridgehead atoms. The van der Waals surface area contributed by atoms with Gasteiger partial charge in [0.25, 0.3) is 5.56 Å². The number of rotatable bonds is 0. The topological polar surface area (TPSA) is 84.2 Å². The van der Waals surface area contributed by atoms with Crippen molar-refractivity contribution in [3.63, 3.8) is 0 Å². The summed E-state index contributed by atoms with van der Waals surface area (Å²) < 4.78 is 1.51. The molecular weight excluding hydrogens is 218 g/mol. The van der Waals surface area contributed by atoms with Crippen LogP contribution in [0.5, 0.6) is 0 Å². The Morgan fingerprint density at radius 3 is 3.20 bits per heavy atom. The minimum atomic E-state index is -1.22. The van der Waals surface area contributed by atoms with Gasteiger partial charge in [0.05, 0.1) is 6.42 Å². The van der Waals surface area contributed by atoms with Crippen molar-refractivity contribution in [3.8, 4) is 0 Å². The van der Waals surface area contributed by atoms with Crippen LogP contribution in [-0.4, -0.2) is 26.3 Å². The highest BCUT2D eigenvalue weighted by Gasteiger charge is 2.44.